The molecule has 1 rings (SSSR count). The molecule has 0 heterocycles. The molecule has 6 heteroatoms. The van der Waals surface area contributed by atoms with E-state index in [2.05, 4.69) is 4.74 Å². The summed E-state index contributed by atoms with van der Waals surface area (Å²) in [5, 5.41) is 10.2. The molecule has 1 N–H and O–H groups in total. The van der Waals surface area contributed by atoms with Gasteiger partial charge in [-0.1, -0.05) is 32.0 Å². The quantitative estimate of drug-likeness (QED) is 0.866. The highest BCUT2D eigenvalue weighted by Gasteiger charge is 2.39. The first-order chi connectivity index (χ1) is 9.20. The third-order valence-corrected chi connectivity index (χ3v) is 3.12. The number of esters is 1. The van der Waals surface area contributed by atoms with E-state index in [0.29, 0.717) is 0 Å². The molecule has 2 atom stereocenters. The third kappa shape index (κ3) is 3.50. The van der Waals surface area contributed by atoms with E-state index in [1.807, 2.05) is 0 Å². The number of benzene rings is 1. The standard InChI is InChI=1S/C14H17F3O3/c1-8(2)11(13(19)20-3)12(18)9-6-4-5-7-10(9)14(15,16)17/h4-8,11-12,18H,1-3H3. The molecule has 0 spiro atoms. The van der Waals surface area contributed by atoms with Crippen LogP contribution in [-0.2, 0) is 15.7 Å². The van der Waals surface area contributed by atoms with Crippen molar-refractivity contribution in [1.82, 2.24) is 0 Å². The molecule has 1 aromatic carbocycles. The molecule has 3 nitrogen and oxygen atoms in total. The van der Waals surface area contributed by atoms with Crippen molar-refractivity contribution in [3.63, 3.8) is 0 Å². The number of aliphatic hydroxyl groups is 1. The molecule has 0 aliphatic carbocycles. The Kier molecular flexibility index (Phi) is 5.16. The van der Waals surface area contributed by atoms with Gasteiger partial charge in [0.15, 0.2) is 0 Å². The molecule has 0 aliphatic rings. The predicted molar refractivity (Wildman–Crippen MR) is 66.7 cm³/mol. The summed E-state index contributed by atoms with van der Waals surface area (Å²) in [6, 6.07) is 4.68. The Labute approximate surface area is 115 Å². The second kappa shape index (κ2) is 6.26. The van der Waals surface area contributed by atoms with Gasteiger partial charge in [0, 0.05) is 0 Å². The summed E-state index contributed by atoms with van der Waals surface area (Å²) in [6.45, 7) is 3.28. The van der Waals surface area contributed by atoms with Crippen molar-refractivity contribution in [2.24, 2.45) is 11.8 Å². The molecule has 0 fully saturated rings. The first-order valence-corrected chi connectivity index (χ1v) is 6.12. The van der Waals surface area contributed by atoms with E-state index in [1.165, 1.54) is 18.2 Å². The van der Waals surface area contributed by atoms with Crippen LogP contribution in [0.2, 0.25) is 0 Å². The van der Waals surface area contributed by atoms with Crippen molar-refractivity contribution in [2.45, 2.75) is 26.1 Å². The number of halogens is 3. The van der Waals surface area contributed by atoms with Gasteiger partial charge in [-0.3, -0.25) is 4.79 Å². The summed E-state index contributed by atoms with van der Waals surface area (Å²) in [6.07, 6.45) is -6.16. The van der Waals surface area contributed by atoms with Crippen LogP contribution >= 0.6 is 0 Å². The summed E-state index contributed by atoms with van der Waals surface area (Å²) < 4.78 is 43.3. The summed E-state index contributed by atoms with van der Waals surface area (Å²) in [7, 11) is 1.14. The molecule has 1 aromatic rings. The van der Waals surface area contributed by atoms with Gasteiger partial charge >= 0.3 is 12.1 Å². The van der Waals surface area contributed by atoms with E-state index in [9.17, 15) is 23.1 Å². The van der Waals surface area contributed by atoms with Crippen molar-refractivity contribution in [1.29, 1.82) is 0 Å². The van der Waals surface area contributed by atoms with Crippen molar-refractivity contribution >= 4 is 5.97 Å². The summed E-state index contributed by atoms with van der Waals surface area (Å²) in [5.74, 6) is -2.15. The van der Waals surface area contributed by atoms with Crippen LogP contribution in [0.1, 0.15) is 31.1 Å². The van der Waals surface area contributed by atoms with E-state index in [0.717, 1.165) is 13.2 Å². The fourth-order valence-corrected chi connectivity index (χ4v) is 2.11. The molecule has 2 unspecified atom stereocenters. The van der Waals surface area contributed by atoms with Crippen molar-refractivity contribution in [2.75, 3.05) is 7.11 Å². The fraction of sp³-hybridized carbons (Fsp3) is 0.500. The molecule has 0 aliphatic heterocycles. The normalized spacial score (nSPS) is 15.0. The molecular formula is C14H17F3O3. The Morgan fingerprint density at radius 2 is 1.80 bits per heavy atom. The van der Waals surface area contributed by atoms with Crippen LogP contribution in [0, 0.1) is 11.8 Å². The van der Waals surface area contributed by atoms with E-state index in [4.69, 9.17) is 0 Å². The van der Waals surface area contributed by atoms with E-state index in [1.54, 1.807) is 13.8 Å². The van der Waals surface area contributed by atoms with Crippen LogP contribution < -0.4 is 0 Å². The van der Waals surface area contributed by atoms with Crippen molar-refractivity contribution < 1.29 is 27.8 Å². The number of methoxy groups -OCH3 is 1. The van der Waals surface area contributed by atoms with Crippen LogP contribution in [0.3, 0.4) is 0 Å². The number of aliphatic hydroxyl groups excluding tert-OH is 1. The Balaban J connectivity index is 3.26. The van der Waals surface area contributed by atoms with E-state index < -0.39 is 29.7 Å². The Hall–Kier alpha value is -1.56. The molecule has 0 saturated heterocycles. The van der Waals surface area contributed by atoms with Gasteiger partial charge in [-0.05, 0) is 17.5 Å². The summed E-state index contributed by atoms with van der Waals surface area (Å²) in [4.78, 5) is 11.7. The lowest BCUT2D eigenvalue weighted by molar-refractivity contribution is -0.153. The number of rotatable bonds is 4. The number of carbonyl (C=O) groups is 1. The smallest absolute Gasteiger partial charge is 0.416 e. The van der Waals surface area contributed by atoms with Gasteiger partial charge in [0.25, 0.3) is 0 Å². The highest BCUT2D eigenvalue weighted by Crippen LogP contribution is 2.38. The second-order valence-electron chi connectivity index (χ2n) is 4.82. The van der Waals surface area contributed by atoms with Gasteiger partial charge in [0.2, 0.25) is 0 Å². The SMILES string of the molecule is COC(=O)C(C(C)C)C(O)c1ccccc1C(F)(F)F. The molecular weight excluding hydrogens is 273 g/mol. The zero-order chi connectivity index (χ0) is 15.5. The number of hydrogen-bond acceptors (Lipinski definition) is 3. The lowest BCUT2D eigenvalue weighted by Crippen LogP contribution is -2.29. The van der Waals surface area contributed by atoms with Gasteiger partial charge in [0.05, 0.1) is 24.7 Å². The maximum absolute atomic E-state index is 12.9. The van der Waals surface area contributed by atoms with Crippen LogP contribution in [-0.4, -0.2) is 18.2 Å². The number of alkyl halides is 3. The maximum Gasteiger partial charge on any atom is 0.416 e. The minimum atomic E-state index is -4.59. The number of hydrogen-bond donors (Lipinski definition) is 1. The summed E-state index contributed by atoms with van der Waals surface area (Å²) in [5.41, 5.74) is -1.26. The van der Waals surface area contributed by atoms with Crippen molar-refractivity contribution in [3.05, 3.63) is 35.4 Å². The van der Waals surface area contributed by atoms with Gasteiger partial charge in [-0.25, -0.2) is 0 Å². The minimum Gasteiger partial charge on any atom is -0.469 e. The topological polar surface area (TPSA) is 46.5 Å². The maximum atomic E-state index is 12.9. The molecule has 0 aromatic heterocycles. The molecule has 0 amide bonds. The molecule has 20 heavy (non-hydrogen) atoms. The predicted octanol–water partition coefficient (Wildman–Crippen LogP) is 3.18. The minimum absolute atomic E-state index is 0.316. The average molecular weight is 290 g/mol. The fourth-order valence-electron chi connectivity index (χ4n) is 2.11. The molecule has 0 radical (unpaired) electrons. The largest absolute Gasteiger partial charge is 0.469 e. The summed E-state index contributed by atoms with van der Waals surface area (Å²) >= 11 is 0. The molecule has 112 valence electrons. The Morgan fingerprint density at radius 3 is 2.25 bits per heavy atom. The van der Waals surface area contributed by atoms with Gasteiger partial charge in [-0.2, -0.15) is 13.2 Å². The average Bonchev–Trinajstić information content (AvgIpc) is 2.37. The Bertz CT molecular complexity index is 469. The zero-order valence-electron chi connectivity index (χ0n) is 11.4. The van der Waals surface area contributed by atoms with Crippen molar-refractivity contribution in [3.8, 4) is 0 Å². The zero-order valence-corrected chi connectivity index (χ0v) is 11.4. The van der Waals surface area contributed by atoms with Crippen LogP contribution in [0.25, 0.3) is 0 Å². The highest BCUT2D eigenvalue weighted by molar-refractivity contribution is 5.73. The first-order valence-electron chi connectivity index (χ1n) is 6.12. The highest BCUT2D eigenvalue weighted by atomic mass is 19.4. The lowest BCUT2D eigenvalue weighted by Gasteiger charge is -2.26. The number of carbonyl (C=O) groups excluding carboxylic acids is 1. The molecule has 0 bridgehead atoms. The Morgan fingerprint density at radius 1 is 1.25 bits per heavy atom. The van der Waals surface area contributed by atoms with Crippen LogP contribution in [0.5, 0.6) is 0 Å². The molecule has 0 saturated carbocycles. The monoisotopic (exact) mass is 290 g/mol. The van der Waals surface area contributed by atoms with E-state index >= 15 is 0 Å². The first kappa shape index (κ1) is 16.5. The number of ether oxygens (including phenoxy) is 1. The van der Waals surface area contributed by atoms with Gasteiger partial charge < -0.3 is 9.84 Å². The van der Waals surface area contributed by atoms with E-state index in [-0.39, 0.29) is 11.5 Å². The third-order valence-electron chi connectivity index (χ3n) is 3.12. The van der Waals surface area contributed by atoms with Crippen LogP contribution in [0.4, 0.5) is 13.2 Å². The second-order valence-corrected chi connectivity index (χ2v) is 4.82. The van der Waals surface area contributed by atoms with Gasteiger partial charge in [0.1, 0.15) is 0 Å². The lowest BCUT2D eigenvalue weighted by atomic mass is 9.85. The van der Waals surface area contributed by atoms with Crippen LogP contribution in [0.15, 0.2) is 24.3 Å². The van der Waals surface area contributed by atoms with Gasteiger partial charge in [-0.15, -0.1) is 0 Å².